The number of hydrogen-bond donors (Lipinski definition) is 4. The summed E-state index contributed by atoms with van der Waals surface area (Å²) in [5, 5.41) is 1.82. The Morgan fingerprint density at radius 1 is 1.31 bits per heavy atom. The summed E-state index contributed by atoms with van der Waals surface area (Å²) in [4.78, 5) is 18.2. The van der Waals surface area contributed by atoms with Crippen molar-refractivity contribution in [2.45, 2.75) is 52.2 Å². The van der Waals surface area contributed by atoms with E-state index in [0.717, 1.165) is 48.4 Å². The third kappa shape index (κ3) is 8.37. The molecule has 5 rings (SSSR count). The van der Waals surface area contributed by atoms with Crippen molar-refractivity contribution >= 4 is 39.1 Å². The zero-order valence-corrected chi connectivity index (χ0v) is 28.9. The van der Waals surface area contributed by atoms with E-state index in [-0.39, 0.29) is 18.2 Å². The van der Waals surface area contributed by atoms with Gasteiger partial charge in [-0.15, -0.1) is 0 Å². The summed E-state index contributed by atoms with van der Waals surface area (Å²) in [5.41, 5.74) is 13.3. The van der Waals surface area contributed by atoms with Crippen molar-refractivity contribution in [2.24, 2.45) is 17.7 Å². The van der Waals surface area contributed by atoms with Gasteiger partial charge < -0.3 is 29.8 Å². The van der Waals surface area contributed by atoms with Crippen molar-refractivity contribution in [3.8, 4) is 0 Å². The van der Waals surface area contributed by atoms with Gasteiger partial charge in [0.2, 0.25) is 10.0 Å². The molecule has 2 aromatic heterocycles. The molecule has 0 aromatic carbocycles. The van der Waals surface area contributed by atoms with Crippen molar-refractivity contribution in [2.75, 3.05) is 39.3 Å². The number of hydrogen-bond acceptors (Lipinski definition) is 8. The van der Waals surface area contributed by atoms with Crippen LogP contribution in [0.5, 0.6) is 0 Å². The number of sulfonamides is 1. The number of nitrogens with zero attached hydrogens (tertiary/aromatic N) is 2. The van der Waals surface area contributed by atoms with Crippen LogP contribution in [0.1, 0.15) is 66.0 Å². The van der Waals surface area contributed by atoms with Crippen LogP contribution >= 0.6 is 0 Å². The molecule has 0 spiro atoms. The van der Waals surface area contributed by atoms with Gasteiger partial charge in [-0.2, -0.15) is 4.39 Å². The quantitative estimate of drug-likeness (QED) is 0.108. The SMILES string of the molecule is Cc1coc(C)c1C1=CCC(S(=O)(=O)NCCN2CCC(CN(N)/C=C(\[NH3+])c3c(C(=O)OCC(C)C)[nH]c4c3=CC(F)=C=C=4)CC2)C=C1. The lowest BCUT2D eigenvalue weighted by Gasteiger charge is -2.33. The molecular formula is C35H46FN6O5S+. The minimum Gasteiger partial charge on any atom is -0.469 e. The Hall–Kier alpha value is -3.93. The standard InChI is InChI=1S/C35H45FN6O5S/c1-22(2)20-47-35(43)34-33(29-17-27(36)7-10-31(29)40-34)30(37)19-42(38)18-25-11-14-41(15-12-25)16-13-39-48(44,45)28-8-5-26(6-9-28)32-23(3)21-46-24(32)4/h5-6,8,17,19,21-22,25,28,39-40H,9,11-16,18,20,37-38H2,1-4H3/p+1/b30-19-. The van der Waals surface area contributed by atoms with Crippen LogP contribution in [0, 0.1) is 25.7 Å². The number of nitrogens with one attached hydrogen (secondary N) is 2. The van der Waals surface area contributed by atoms with Crippen molar-refractivity contribution < 1.29 is 32.5 Å². The number of piperidine rings is 1. The lowest BCUT2D eigenvalue weighted by atomic mass is 9.96. The van der Waals surface area contributed by atoms with Crippen LogP contribution in [-0.4, -0.2) is 73.9 Å². The number of fused-ring (bicyclic) bond motifs is 1. The minimum atomic E-state index is -3.51. The van der Waals surface area contributed by atoms with Gasteiger partial charge in [0, 0.05) is 30.4 Å². The number of ether oxygens (including phenoxy) is 1. The van der Waals surface area contributed by atoms with Crippen LogP contribution in [0.3, 0.4) is 0 Å². The average Bonchev–Trinajstić information content (AvgIpc) is 3.59. The van der Waals surface area contributed by atoms with Gasteiger partial charge in [0.1, 0.15) is 11.5 Å². The predicted molar refractivity (Wildman–Crippen MR) is 183 cm³/mol. The number of H-pyrrole nitrogens is 1. The molecule has 7 N–H and O–H groups in total. The van der Waals surface area contributed by atoms with Crippen molar-refractivity contribution in [3.63, 3.8) is 0 Å². The zero-order chi connectivity index (χ0) is 34.6. The molecule has 48 heavy (non-hydrogen) atoms. The topological polar surface area (TPSA) is 162 Å². The molecule has 1 unspecified atom stereocenters. The molecule has 3 heterocycles. The number of rotatable bonds is 13. The highest BCUT2D eigenvalue weighted by Crippen LogP contribution is 2.30. The number of aryl methyl sites for hydroxylation is 2. The van der Waals surface area contributed by atoms with Crippen LogP contribution in [0.4, 0.5) is 4.39 Å². The fourth-order valence-corrected chi connectivity index (χ4v) is 7.55. The zero-order valence-electron chi connectivity index (χ0n) is 28.1. The van der Waals surface area contributed by atoms with Gasteiger partial charge in [-0.3, -0.25) is 0 Å². The largest absolute Gasteiger partial charge is 0.469 e. The van der Waals surface area contributed by atoms with Gasteiger partial charge in [0.05, 0.1) is 35.2 Å². The van der Waals surface area contributed by atoms with Crippen molar-refractivity contribution in [3.05, 3.63) is 81.0 Å². The maximum absolute atomic E-state index is 14.1. The number of likely N-dealkylation sites (tertiary alicyclic amines) is 1. The Morgan fingerprint density at radius 3 is 2.71 bits per heavy atom. The summed E-state index contributed by atoms with van der Waals surface area (Å²) in [7, 11) is -3.51. The van der Waals surface area contributed by atoms with Gasteiger partial charge in [0.15, 0.2) is 11.5 Å². The first kappa shape index (κ1) is 35.4. The molecule has 1 fully saturated rings. The molecule has 13 heteroatoms. The normalized spacial score (nSPS) is 18.7. The molecule has 1 atom stereocenters. The van der Waals surface area contributed by atoms with Gasteiger partial charge in [-0.1, -0.05) is 32.1 Å². The maximum atomic E-state index is 14.1. The average molecular weight is 682 g/mol. The fourth-order valence-electron chi connectivity index (χ4n) is 6.32. The van der Waals surface area contributed by atoms with E-state index in [1.54, 1.807) is 23.5 Å². The number of esters is 1. The maximum Gasteiger partial charge on any atom is 0.355 e. The second-order valence-electron chi connectivity index (χ2n) is 13.1. The van der Waals surface area contributed by atoms with E-state index in [0.29, 0.717) is 53.8 Å². The van der Waals surface area contributed by atoms with Gasteiger partial charge in [-0.25, -0.2) is 23.8 Å². The highest BCUT2D eigenvalue weighted by molar-refractivity contribution is 7.90. The van der Waals surface area contributed by atoms with Gasteiger partial charge >= 0.3 is 5.97 Å². The number of aromatic nitrogens is 1. The summed E-state index contributed by atoms with van der Waals surface area (Å²) in [6.45, 7) is 11.2. The van der Waals surface area contributed by atoms with Crippen molar-refractivity contribution in [1.82, 2.24) is 19.6 Å². The number of quaternary nitrogens is 1. The van der Waals surface area contributed by atoms with E-state index in [1.165, 1.54) is 6.08 Å². The minimum absolute atomic E-state index is 0.150. The molecular weight excluding hydrogens is 635 g/mol. The van der Waals surface area contributed by atoms with E-state index in [1.807, 2.05) is 39.8 Å². The summed E-state index contributed by atoms with van der Waals surface area (Å²) in [6, 6.07) is 0. The first-order valence-electron chi connectivity index (χ1n) is 16.3. The van der Waals surface area contributed by atoms with Gasteiger partial charge in [-0.05, 0) is 86.7 Å². The smallest absolute Gasteiger partial charge is 0.355 e. The number of furan rings is 1. The monoisotopic (exact) mass is 681 g/mol. The second-order valence-corrected chi connectivity index (χ2v) is 15.1. The number of allylic oxidation sites excluding steroid dienone is 4. The predicted octanol–water partition coefficient (Wildman–Crippen LogP) is 1.98. The molecule has 2 aromatic rings. The van der Waals surface area contributed by atoms with E-state index < -0.39 is 27.1 Å². The third-order valence-electron chi connectivity index (χ3n) is 8.83. The highest BCUT2D eigenvalue weighted by Gasteiger charge is 2.27. The lowest BCUT2D eigenvalue weighted by molar-refractivity contribution is -0.245. The van der Waals surface area contributed by atoms with Crippen LogP contribution in [0.15, 0.2) is 46.7 Å². The number of aromatic amines is 1. The Bertz CT molecular complexity index is 1920. The number of halogens is 1. The summed E-state index contributed by atoms with van der Waals surface area (Å²) in [6.07, 6.45) is 12.4. The van der Waals surface area contributed by atoms with E-state index in [4.69, 9.17) is 15.0 Å². The van der Waals surface area contributed by atoms with Crippen molar-refractivity contribution in [1.29, 1.82) is 0 Å². The van der Waals surface area contributed by atoms with E-state index in [9.17, 15) is 17.6 Å². The van der Waals surface area contributed by atoms with Crippen LogP contribution in [0.2, 0.25) is 0 Å². The first-order valence-corrected chi connectivity index (χ1v) is 17.9. The number of nitrogens with two attached hydrogens (primary N) is 1. The first-order chi connectivity index (χ1) is 22.8. The molecule has 1 saturated heterocycles. The molecule has 11 nitrogen and oxygen atoms in total. The second kappa shape index (κ2) is 15.1. The highest BCUT2D eigenvalue weighted by atomic mass is 32.2. The molecule has 258 valence electrons. The van der Waals surface area contributed by atoms with Crippen LogP contribution in [0.25, 0.3) is 23.1 Å². The number of carbonyl (C=O) groups is 1. The Balaban J connectivity index is 1.11. The van der Waals surface area contributed by atoms with E-state index in [2.05, 4.69) is 31.8 Å². The Morgan fingerprint density at radius 2 is 2.06 bits per heavy atom. The summed E-state index contributed by atoms with van der Waals surface area (Å²) in [5.74, 6) is 6.51. The molecule has 0 saturated carbocycles. The van der Waals surface area contributed by atoms with Crippen LogP contribution < -0.4 is 26.9 Å². The van der Waals surface area contributed by atoms with Crippen LogP contribution in [-0.2, 0) is 14.8 Å². The molecule has 0 bridgehead atoms. The molecule has 1 aliphatic heterocycles. The number of carbonyl (C=O) groups excluding carboxylic acids is 1. The number of hydrazine groups is 1. The summed E-state index contributed by atoms with van der Waals surface area (Å²) >= 11 is 0. The summed E-state index contributed by atoms with van der Waals surface area (Å²) < 4.78 is 53.8. The fraction of sp³-hybridized carbons (Fsp3) is 0.457. The van der Waals surface area contributed by atoms with Gasteiger partial charge in [0.25, 0.3) is 0 Å². The molecule has 3 aliphatic rings. The lowest BCUT2D eigenvalue weighted by Crippen LogP contribution is -2.50. The Kier molecular flexibility index (Phi) is 11.1. The third-order valence-corrected chi connectivity index (χ3v) is 10.6. The molecule has 2 aliphatic carbocycles. The molecule has 0 amide bonds. The van der Waals surface area contributed by atoms with E-state index >= 15 is 0 Å². The Labute approximate surface area is 280 Å². The molecule has 0 radical (unpaired) electrons.